The molecule has 128 valence electrons. The fourth-order valence-electron chi connectivity index (χ4n) is 2.70. The standard InChI is InChI=1S/C18H20N6O/c1-4-18(2,3)12-5-7-13(8-6-12)25-10-15-21-17-14-9-20-22-16(14)19-11-24(17)23-15/h5-9,11H,4,10H2,1-3H3,(H,20,22). The van der Waals surface area contributed by atoms with E-state index in [0.29, 0.717) is 18.1 Å². The molecule has 0 spiro atoms. The molecule has 3 aromatic heterocycles. The van der Waals surface area contributed by atoms with Crippen molar-refractivity contribution in [2.24, 2.45) is 0 Å². The minimum absolute atomic E-state index is 0.171. The van der Waals surface area contributed by atoms with Gasteiger partial charge in [-0.25, -0.2) is 14.5 Å². The lowest BCUT2D eigenvalue weighted by atomic mass is 9.82. The van der Waals surface area contributed by atoms with Gasteiger partial charge in [0.05, 0.1) is 11.6 Å². The van der Waals surface area contributed by atoms with E-state index in [1.807, 2.05) is 12.1 Å². The molecule has 0 amide bonds. The molecule has 25 heavy (non-hydrogen) atoms. The minimum atomic E-state index is 0.171. The molecule has 0 aliphatic heterocycles. The molecule has 3 heterocycles. The molecule has 7 nitrogen and oxygen atoms in total. The summed E-state index contributed by atoms with van der Waals surface area (Å²) in [7, 11) is 0. The van der Waals surface area contributed by atoms with E-state index in [-0.39, 0.29) is 5.41 Å². The van der Waals surface area contributed by atoms with Crippen LogP contribution in [0.1, 0.15) is 38.6 Å². The molecule has 7 heteroatoms. The molecular weight excluding hydrogens is 316 g/mol. The van der Waals surface area contributed by atoms with Crippen LogP contribution in [0, 0.1) is 0 Å². The van der Waals surface area contributed by atoms with E-state index >= 15 is 0 Å². The number of nitrogens with zero attached hydrogens (tertiary/aromatic N) is 5. The highest BCUT2D eigenvalue weighted by Crippen LogP contribution is 2.28. The number of ether oxygens (including phenoxy) is 1. The van der Waals surface area contributed by atoms with Crippen molar-refractivity contribution in [3.63, 3.8) is 0 Å². The largest absolute Gasteiger partial charge is 0.486 e. The summed E-state index contributed by atoms with van der Waals surface area (Å²) in [4.78, 5) is 8.77. The van der Waals surface area contributed by atoms with E-state index in [2.05, 4.69) is 58.2 Å². The van der Waals surface area contributed by atoms with Crippen molar-refractivity contribution in [3.8, 4) is 5.75 Å². The summed E-state index contributed by atoms with van der Waals surface area (Å²) < 4.78 is 7.48. The number of hydrogen-bond acceptors (Lipinski definition) is 5. The monoisotopic (exact) mass is 336 g/mol. The fraction of sp³-hybridized carbons (Fsp3) is 0.333. The van der Waals surface area contributed by atoms with Gasteiger partial charge in [0.2, 0.25) is 0 Å². The smallest absolute Gasteiger partial charge is 0.189 e. The van der Waals surface area contributed by atoms with Crippen LogP contribution in [0.2, 0.25) is 0 Å². The lowest BCUT2D eigenvalue weighted by molar-refractivity contribution is 0.296. The van der Waals surface area contributed by atoms with Gasteiger partial charge in [0, 0.05) is 0 Å². The maximum Gasteiger partial charge on any atom is 0.189 e. The second-order valence-corrected chi connectivity index (χ2v) is 6.72. The van der Waals surface area contributed by atoms with E-state index in [0.717, 1.165) is 23.2 Å². The topological polar surface area (TPSA) is 81.0 Å². The SMILES string of the molecule is CCC(C)(C)c1ccc(OCc2nc3c4cn[nH]c4ncn3n2)cc1. The Morgan fingerprint density at radius 2 is 2.00 bits per heavy atom. The number of fused-ring (bicyclic) bond motifs is 3. The van der Waals surface area contributed by atoms with Crippen LogP contribution in [0.25, 0.3) is 16.7 Å². The average molecular weight is 336 g/mol. The Morgan fingerprint density at radius 3 is 2.76 bits per heavy atom. The number of rotatable bonds is 5. The van der Waals surface area contributed by atoms with Crippen LogP contribution < -0.4 is 4.74 Å². The summed E-state index contributed by atoms with van der Waals surface area (Å²) in [5, 5.41) is 12.1. The maximum absolute atomic E-state index is 5.83. The Labute approximate surface area is 145 Å². The van der Waals surface area contributed by atoms with Gasteiger partial charge < -0.3 is 4.74 Å². The summed E-state index contributed by atoms with van der Waals surface area (Å²) in [5.41, 5.74) is 2.89. The first-order valence-corrected chi connectivity index (χ1v) is 8.33. The Balaban J connectivity index is 1.52. The number of aromatic amines is 1. The number of hydrogen-bond donors (Lipinski definition) is 1. The molecule has 0 saturated carbocycles. The highest BCUT2D eigenvalue weighted by atomic mass is 16.5. The number of nitrogens with one attached hydrogen (secondary N) is 1. The molecule has 0 atom stereocenters. The van der Waals surface area contributed by atoms with Gasteiger partial charge >= 0.3 is 0 Å². The van der Waals surface area contributed by atoms with Crippen molar-refractivity contribution in [1.82, 2.24) is 29.8 Å². The predicted molar refractivity (Wildman–Crippen MR) is 94.5 cm³/mol. The van der Waals surface area contributed by atoms with Crippen LogP contribution in [0.4, 0.5) is 0 Å². The van der Waals surface area contributed by atoms with Crippen LogP contribution >= 0.6 is 0 Å². The van der Waals surface area contributed by atoms with Crippen LogP contribution in [0.3, 0.4) is 0 Å². The molecule has 1 N–H and O–H groups in total. The average Bonchev–Trinajstić information content (AvgIpc) is 3.26. The zero-order chi connectivity index (χ0) is 17.4. The van der Waals surface area contributed by atoms with Gasteiger partial charge in [-0.15, -0.1) is 5.10 Å². The van der Waals surface area contributed by atoms with Gasteiger partial charge in [0.1, 0.15) is 18.7 Å². The summed E-state index contributed by atoms with van der Waals surface area (Å²) in [5.74, 6) is 1.41. The van der Waals surface area contributed by atoms with E-state index in [1.54, 1.807) is 17.0 Å². The van der Waals surface area contributed by atoms with Crippen molar-refractivity contribution < 1.29 is 4.74 Å². The lowest BCUT2D eigenvalue weighted by Gasteiger charge is -2.23. The minimum Gasteiger partial charge on any atom is -0.486 e. The van der Waals surface area contributed by atoms with Gasteiger partial charge in [-0.2, -0.15) is 5.10 Å². The second kappa shape index (κ2) is 5.84. The van der Waals surface area contributed by atoms with Crippen molar-refractivity contribution in [1.29, 1.82) is 0 Å². The third-order valence-electron chi connectivity index (χ3n) is 4.72. The highest BCUT2D eigenvalue weighted by molar-refractivity contribution is 5.87. The van der Waals surface area contributed by atoms with Crippen LogP contribution in [-0.4, -0.2) is 29.8 Å². The fourth-order valence-corrected chi connectivity index (χ4v) is 2.70. The van der Waals surface area contributed by atoms with Crippen LogP contribution in [-0.2, 0) is 12.0 Å². The normalized spacial score (nSPS) is 12.1. The van der Waals surface area contributed by atoms with Crippen LogP contribution in [0.15, 0.2) is 36.8 Å². The van der Waals surface area contributed by atoms with Crippen molar-refractivity contribution >= 4 is 16.7 Å². The van der Waals surface area contributed by atoms with Gasteiger partial charge in [-0.1, -0.05) is 32.9 Å². The molecule has 0 aliphatic rings. The van der Waals surface area contributed by atoms with Crippen molar-refractivity contribution in [2.45, 2.75) is 39.2 Å². The van der Waals surface area contributed by atoms with Gasteiger partial charge in [0.25, 0.3) is 0 Å². The summed E-state index contributed by atoms with van der Waals surface area (Å²) in [6, 6.07) is 8.24. The van der Waals surface area contributed by atoms with Gasteiger partial charge in [0.15, 0.2) is 17.1 Å². The van der Waals surface area contributed by atoms with Crippen LogP contribution in [0.5, 0.6) is 5.75 Å². The zero-order valence-corrected chi connectivity index (χ0v) is 14.5. The van der Waals surface area contributed by atoms with Crippen molar-refractivity contribution in [2.75, 3.05) is 0 Å². The first-order chi connectivity index (χ1) is 12.1. The molecule has 0 radical (unpaired) electrons. The molecule has 4 aromatic rings. The van der Waals surface area contributed by atoms with E-state index in [4.69, 9.17) is 4.74 Å². The lowest BCUT2D eigenvalue weighted by Crippen LogP contribution is -2.15. The van der Waals surface area contributed by atoms with Gasteiger partial charge in [-0.3, -0.25) is 5.10 Å². The molecule has 0 aliphatic carbocycles. The summed E-state index contributed by atoms with van der Waals surface area (Å²) in [6.45, 7) is 6.99. The third kappa shape index (κ3) is 2.82. The first kappa shape index (κ1) is 15.6. The molecule has 0 bridgehead atoms. The predicted octanol–water partition coefficient (Wildman–Crippen LogP) is 3.27. The maximum atomic E-state index is 5.83. The highest BCUT2D eigenvalue weighted by Gasteiger charge is 2.17. The summed E-state index contributed by atoms with van der Waals surface area (Å²) in [6.07, 6.45) is 4.41. The Kier molecular flexibility index (Phi) is 3.63. The van der Waals surface area contributed by atoms with E-state index in [1.165, 1.54) is 5.56 Å². The number of aromatic nitrogens is 6. The second-order valence-electron chi connectivity index (χ2n) is 6.72. The Bertz CT molecular complexity index is 1020. The Morgan fingerprint density at radius 1 is 1.20 bits per heavy atom. The summed E-state index contributed by atoms with van der Waals surface area (Å²) >= 11 is 0. The molecule has 4 rings (SSSR count). The number of H-pyrrole nitrogens is 1. The molecule has 1 aromatic carbocycles. The Hall–Kier alpha value is -2.96. The van der Waals surface area contributed by atoms with E-state index < -0.39 is 0 Å². The zero-order valence-electron chi connectivity index (χ0n) is 14.5. The number of benzene rings is 1. The molecule has 0 unspecified atom stereocenters. The molecule has 0 fully saturated rings. The molecule has 0 saturated heterocycles. The van der Waals surface area contributed by atoms with Crippen molar-refractivity contribution in [3.05, 3.63) is 48.2 Å². The third-order valence-corrected chi connectivity index (χ3v) is 4.72. The molecular formula is C18H20N6O. The van der Waals surface area contributed by atoms with E-state index in [9.17, 15) is 0 Å². The quantitative estimate of drug-likeness (QED) is 0.605. The first-order valence-electron chi connectivity index (χ1n) is 8.33. The van der Waals surface area contributed by atoms with Gasteiger partial charge in [-0.05, 0) is 29.5 Å².